The van der Waals surface area contributed by atoms with E-state index in [9.17, 15) is 39.9 Å². The number of azo groups is 1. The van der Waals surface area contributed by atoms with E-state index in [1.165, 1.54) is 0 Å². The second-order valence-corrected chi connectivity index (χ2v) is 16.3. The van der Waals surface area contributed by atoms with E-state index in [-0.39, 0.29) is 71.9 Å². The molecule has 0 spiro atoms. The zero-order valence-electron chi connectivity index (χ0n) is 38.5. The number of carboxylic acid groups (broad SMARTS) is 2. The fraction of sp³-hybridized carbons (Fsp3) is 0.583. The molecule has 2 rings (SSSR count). The average Bonchev–Trinajstić information content (AvgIpc) is 3.60. The smallest absolute Gasteiger partial charge is 0.307 e. The topological polar surface area (TPSA) is 230 Å². The normalized spacial score (nSPS) is 12.3. The van der Waals surface area contributed by atoms with Crippen LogP contribution in [-0.2, 0) is 42.9 Å². The molecule has 2 aromatic rings. The van der Waals surface area contributed by atoms with Gasteiger partial charge in [-0.25, -0.2) is 0 Å². The maximum absolute atomic E-state index is 12.4. The van der Waals surface area contributed by atoms with Gasteiger partial charge in [0, 0.05) is 18.8 Å². The first-order chi connectivity index (χ1) is 31.4. The Morgan fingerprint density at radius 3 is 1.68 bits per heavy atom. The predicted octanol–water partition coefficient (Wildman–Crippen LogP) is 9.70. The van der Waals surface area contributed by atoms with Gasteiger partial charge in [0.25, 0.3) is 0 Å². The molecule has 0 saturated heterocycles. The Morgan fingerprint density at radius 1 is 0.708 bits per heavy atom. The number of anilines is 1. The van der Waals surface area contributed by atoms with Gasteiger partial charge in [0.2, 0.25) is 0 Å². The highest BCUT2D eigenvalue weighted by molar-refractivity contribution is 7.16. The molecule has 0 aliphatic rings. The SMILES string of the molecule is CCCCC/C=C/CC(CC(=O)OCCOCCOCCN(CCOCCOC(=O)CC(C/C=C/CCCCC)C(=O)O)c1ccc(N=Nc2sc(C#N)c(C)c2C#N)c(C)c1)C(=O)O. The monoisotopic (exact) mass is 921 g/mol. The van der Waals surface area contributed by atoms with E-state index in [1.807, 2.05) is 49.4 Å². The Balaban J connectivity index is 1.90. The molecule has 2 atom stereocenters. The number of esters is 2. The van der Waals surface area contributed by atoms with Crippen LogP contribution >= 0.6 is 11.3 Å². The van der Waals surface area contributed by atoms with Crippen molar-refractivity contribution >= 4 is 51.6 Å². The van der Waals surface area contributed by atoms with E-state index >= 15 is 0 Å². The summed E-state index contributed by atoms with van der Waals surface area (Å²) in [6, 6.07) is 9.82. The van der Waals surface area contributed by atoms with Crippen molar-refractivity contribution in [3.05, 3.63) is 64.1 Å². The summed E-state index contributed by atoms with van der Waals surface area (Å²) in [7, 11) is 0. The van der Waals surface area contributed by atoms with Crippen molar-refractivity contribution in [2.45, 2.75) is 105 Å². The third kappa shape index (κ3) is 23.3. The summed E-state index contributed by atoms with van der Waals surface area (Å²) in [6.45, 7) is 10.1. The first-order valence-corrected chi connectivity index (χ1v) is 23.3. The lowest BCUT2D eigenvalue weighted by Gasteiger charge is -2.25. The molecule has 2 N–H and O–H groups in total. The molecule has 0 aliphatic heterocycles. The number of carboxylic acids is 2. The highest BCUT2D eigenvalue weighted by Gasteiger charge is 2.22. The number of aliphatic carboxylic acids is 2. The largest absolute Gasteiger partial charge is 0.481 e. The molecule has 65 heavy (non-hydrogen) atoms. The van der Waals surface area contributed by atoms with Crippen LogP contribution in [0.5, 0.6) is 0 Å². The summed E-state index contributed by atoms with van der Waals surface area (Å²) in [6.07, 6.45) is 16.0. The van der Waals surface area contributed by atoms with Crippen LogP contribution in [0, 0.1) is 48.3 Å². The van der Waals surface area contributed by atoms with E-state index in [0.29, 0.717) is 46.4 Å². The maximum atomic E-state index is 12.4. The molecule has 17 heteroatoms. The quantitative estimate of drug-likeness (QED) is 0.0281. The van der Waals surface area contributed by atoms with Gasteiger partial charge in [-0.2, -0.15) is 10.5 Å². The molecule has 1 heterocycles. The van der Waals surface area contributed by atoms with Crippen molar-refractivity contribution in [1.82, 2.24) is 0 Å². The van der Waals surface area contributed by atoms with Gasteiger partial charge in [-0.05, 0) is 81.7 Å². The third-order valence-corrected chi connectivity index (χ3v) is 11.2. The number of carbonyl (C=O) groups excluding carboxylic acids is 2. The molecule has 16 nitrogen and oxygen atoms in total. The highest BCUT2D eigenvalue weighted by Crippen LogP contribution is 2.36. The number of carbonyl (C=O) groups is 4. The Bertz CT molecular complexity index is 1930. The maximum Gasteiger partial charge on any atom is 0.307 e. The predicted molar refractivity (Wildman–Crippen MR) is 248 cm³/mol. The van der Waals surface area contributed by atoms with Crippen LogP contribution in [-0.4, -0.2) is 100 Å². The molecule has 1 aromatic carbocycles. The second kappa shape index (κ2) is 34.0. The lowest BCUT2D eigenvalue weighted by Crippen LogP contribution is -2.31. The van der Waals surface area contributed by atoms with Crippen molar-refractivity contribution < 1.29 is 53.1 Å². The van der Waals surface area contributed by atoms with Crippen molar-refractivity contribution in [2.75, 3.05) is 70.8 Å². The van der Waals surface area contributed by atoms with Crippen LogP contribution in [0.2, 0.25) is 0 Å². The molecule has 0 radical (unpaired) electrons. The Morgan fingerprint density at radius 2 is 1.22 bits per heavy atom. The minimum Gasteiger partial charge on any atom is -0.481 e. The van der Waals surface area contributed by atoms with Crippen molar-refractivity contribution in [3.8, 4) is 12.1 Å². The minimum atomic E-state index is -1.04. The second-order valence-electron chi connectivity index (χ2n) is 15.3. The number of thiophene rings is 1. The van der Waals surface area contributed by atoms with Gasteiger partial charge in [-0.3, -0.25) is 19.2 Å². The first-order valence-electron chi connectivity index (χ1n) is 22.5. The molecule has 356 valence electrons. The standard InChI is InChI=1S/C48H67N5O11S/c1-5-7-9-11-13-15-17-38(47(56)57)32-44(54)63-29-27-61-24-22-53(40-19-20-42(36(3)31-40)51-52-46-41(34-49)37(4)43(35-50)65-46)21-23-60-25-26-62-28-30-64-45(55)33-39(48(58)59)18-16-14-12-10-8-6-2/h13-16,19-20,31,38-39H,5-12,17-18,21-30,32-33H2,1-4H3,(H,56,57)(H,58,59)/b15-13+,16-14+,52-51?. The number of unbranched alkanes of at least 4 members (excludes halogenated alkanes) is 6. The summed E-state index contributed by atoms with van der Waals surface area (Å²) < 4.78 is 27.7. The van der Waals surface area contributed by atoms with Crippen molar-refractivity contribution in [1.29, 1.82) is 10.5 Å². The number of aryl methyl sites for hydroxylation is 1. The average molecular weight is 922 g/mol. The van der Waals surface area contributed by atoms with Gasteiger partial charge >= 0.3 is 23.9 Å². The number of hydrogen-bond donors (Lipinski definition) is 2. The lowest BCUT2D eigenvalue weighted by atomic mass is 10.0. The summed E-state index contributed by atoms with van der Waals surface area (Å²) in [5, 5.41) is 47.1. The molecule has 0 bridgehead atoms. The van der Waals surface area contributed by atoms with Gasteiger partial charge in [0.15, 0.2) is 5.00 Å². The number of hydrogen-bond acceptors (Lipinski definition) is 15. The van der Waals surface area contributed by atoms with Gasteiger partial charge in [0.1, 0.15) is 30.2 Å². The van der Waals surface area contributed by atoms with Gasteiger partial charge in [-0.15, -0.1) is 21.6 Å². The number of benzene rings is 1. The zero-order chi connectivity index (χ0) is 47.7. The summed E-state index contributed by atoms with van der Waals surface area (Å²) >= 11 is 1.11. The van der Waals surface area contributed by atoms with Crippen LogP contribution in [0.15, 0.2) is 52.7 Å². The van der Waals surface area contributed by atoms with E-state index in [0.717, 1.165) is 74.0 Å². The number of ether oxygens (including phenoxy) is 5. The van der Waals surface area contributed by atoms with Crippen LogP contribution in [0.3, 0.4) is 0 Å². The fourth-order valence-corrected chi connectivity index (χ4v) is 7.15. The van der Waals surface area contributed by atoms with E-state index in [2.05, 4.69) is 41.1 Å². The van der Waals surface area contributed by atoms with E-state index < -0.39 is 35.7 Å². The molecule has 0 amide bonds. The van der Waals surface area contributed by atoms with E-state index in [4.69, 9.17) is 23.7 Å². The van der Waals surface area contributed by atoms with E-state index in [1.54, 1.807) is 6.92 Å². The number of allylic oxidation sites excluding steroid dienone is 4. The Hall–Kier alpha value is -5.46. The van der Waals surface area contributed by atoms with Gasteiger partial charge in [0.05, 0.1) is 75.6 Å². The number of nitrogens with zero attached hydrogens (tertiary/aromatic N) is 5. The van der Waals surface area contributed by atoms with Crippen molar-refractivity contribution in [2.24, 2.45) is 22.1 Å². The number of nitriles is 2. The van der Waals surface area contributed by atoms with Crippen LogP contribution < -0.4 is 4.90 Å². The number of rotatable bonds is 36. The molecule has 0 fully saturated rings. The minimum absolute atomic E-state index is 0.00696. The van der Waals surface area contributed by atoms with Gasteiger partial charge in [-0.1, -0.05) is 63.8 Å². The molecule has 1 aromatic heterocycles. The fourth-order valence-electron chi connectivity index (χ4n) is 6.27. The Kier molecular flexibility index (Phi) is 29.1. The van der Waals surface area contributed by atoms with Crippen LogP contribution in [0.4, 0.5) is 16.4 Å². The van der Waals surface area contributed by atoms with Crippen LogP contribution in [0.25, 0.3) is 0 Å². The molecule has 2 unspecified atom stereocenters. The summed E-state index contributed by atoms with van der Waals surface area (Å²) in [4.78, 5) is 50.5. The lowest BCUT2D eigenvalue weighted by molar-refractivity contribution is -0.152. The third-order valence-electron chi connectivity index (χ3n) is 10.1. The summed E-state index contributed by atoms with van der Waals surface area (Å²) in [5.41, 5.74) is 3.14. The highest BCUT2D eigenvalue weighted by atomic mass is 32.1. The van der Waals surface area contributed by atoms with Crippen molar-refractivity contribution in [3.63, 3.8) is 0 Å². The molecular formula is C48H67N5O11S. The first kappa shape index (κ1) is 55.7. The molecular weight excluding hydrogens is 855 g/mol. The zero-order valence-corrected chi connectivity index (χ0v) is 39.3. The summed E-state index contributed by atoms with van der Waals surface area (Å²) in [5.74, 6) is -4.97. The van der Waals surface area contributed by atoms with Gasteiger partial charge < -0.3 is 38.8 Å². The van der Waals surface area contributed by atoms with Crippen LogP contribution in [0.1, 0.15) is 112 Å². The Labute approximate surface area is 387 Å². The molecule has 0 saturated carbocycles. The molecule has 0 aliphatic carbocycles.